The van der Waals surface area contributed by atoms with Crippen LogP contribution in [0.25, 0.3) is 0 Å². The first kappa shape index (κ1) is 12.5. The molecule has 2 fully saturated rings. The number of thioether (sulfide) groups is 1. The largest absolute Gasteiger partial charge is 0.359 e. The van der Waals surface area contributed by atoms with Crippen LogP contribution in [0.4, 0.5) is 0 Å². The van der Waals surface area contributed by atoms with Crippen molar-refractivity contribution in [3.8, 4) is 0 Å². The molecule has 1 aromatic rings. The number of aromatic nitrogens is 1. The van der Waals surface area contributed by atoms with Gasteiger partial charge >= 0.3 is 0 Å². The van der Waals surface area contributed by atoms with Crippen LogP contribution in [0.15, 0.2) is 21.7 Å². The highest BCUT2D eigenvalue weighted by molar-refractivity contribution is 8.04. The molecule has 1 aliphatic heterocycles. The Kier molecular flexibility index (Phi) is 3.18. The number of nitrogens with zero attached hydrogens (tertiary/aromatic N) is 2. The van der Waals surface area contributed by atoms with E-state index in [-0.39, 0.29) is 17.6 Å². The van der Waals surface area contributed by atoms with E-state index in [0.29, 0.717) is 18.1 Å². The minimum absolute atomic E-state index is 0.00824. The van der Waals surface area contributed by atoms with Crippen LogP contribution >= 0.6 is 11.8 Å². The first-order valence-corrected chi connectivity index (χ1v) is 7.23. The van der Waals surface area contributed by atoms with Crippen LogP contribution in [0, 0.1) is 12.8 Å². The molecule has 1 saturated carbocycles. The number of ketones is 1. The Morgan fingerprint density at radius 3 is 3.05 bits per heavy atom. The summed E-state index contributed by atoms with van der Waals surface area (Å²) in [6.45, 7) is 2.18. The maximum Gasteiger partial charge on any atom is 0.238 e. The second-order valence-electron chi connectivity index (χ2n) is 4.86. The highest BCUT2D eigenvalue weighted by Gasteiger charge is 2.32. The average Bonchev–Trinajstić information content (AvgIpc) is 3.08. The predicted molar refractivity (Wildman–Crippen MR) is 70.1 cm³/mol. The predicted octanol–water partition coefficient (Wildman–Crippen LogP) is 1.88. The van der Waals surface area contributed by atoms with Crippen molar-refractivity contribution in [1.29, 1.82) is 0 Å². The van der Waals surface area contributed by atoms with Gasteiger partial charge in [-0.25, -0.2) is 0 Å². The van der Waals surface area contributed by atoms with Crippen LogP contribution in [0.3, 0.4) is 0 Å². The molecule has 1 aromatic heterocycles. The Bertz CT molecular complexity index is 560. The number of carbonyl (C=O) groups is 2. The van der Waals surface area contributed by atoms with E-state index >= 15 is 0 Å². The van der Waals surface area contributed by atoms with Gasteiger partial charge in [0, 0.05) is 18.1 Å². The molecule has 2 heterocycles. The lowest BCUT2D eigenvalue weighted by atomic mass is 10.2. The minimum Gasteiger partial charge on any atom is -0.359 e. The number of rotatable bonds is 4. The lowest BCUT2D eigenvalue weighted by molar-refractivity contribution is -0.126. The van der Waals surface area contributed by atoms with Crippen molar-refractivity contribution >= 4 is 23.5 Å². The van der Waals surface area contributed by atoms with Crippen LogP contribution in [-0.4, -0.2) is 27.5 Å². The molecule has 5 nitrogen and oxygen atoms in total. The molecule has 1 amide bonds. The minimum atomic E-state index is 0.00824. The van der Waals surface area contributed by atoms with Crippen molar-refractivity contribution in [1.82, 2.24) is 10.1 Å². The van der Waals surface area contributed by atoms with Crippen LogP contribution in [-0.2, 0) is 16.1 Å². The Hall–Kier alpha value is -1.56. The molecule has 0 radical (unpaired) electrons. The molecule has 6 heteroatoms. The zero-order chi connectivity index (χ0) is 13.4. The standard InChI is InChI=1S/C13H14N2O3S/c1-8-4-10(18-14-8)6-15-12(17)7-19-13(15)5-11(16)9-2-3-9/h4-5,9H,2-3,6-7H2,1H3/b13-5-. The molecule has 0 spiro atoms. The summed E-state index contributed by atoms with van der Waals surface area (Å²) in [6.07, 6.45) is 3.56. The number of aryl methyl sites for hydroxylation is 1. The van der Waals surface area contributed by atoms with E-state index in [2.05, 4.69) is 5.16 Å². The third-order valence-corrected chi connectivity index (χ3v) is 4.17. The van der Waals surface area contributed by atoms with E-state index < -0.39 is 0 Å². The van der Waals surface area contributed by atoms with Gasteiger partial charge in [-0.1, -0.05) is 16.9 Å². The summed E-state index contributed by atoms with van der Waals surface area (Å²) in [6, 6.07) is 1.80. The number of hydrogen-bond acceptors (Lipinski definition) is 5. The summed E-state index contributed by atoms with van der Waals surface area (Å²) in [5.74, 6) is 1.35. The van der Waals surface area contributed by atoms with Crippen molar-refractivity contribution < 1.29 is 14.1 Å². The molecule has 0 atom stereocenters. The van der Waals surface area contributed by atoms with Crippen molar-refractivity contribution in [3.05, 3.63) is 28.6 Å². The third kappa shape index (κ3) is 2.73. The Morgan fingerprint density at radius 1 is 1.63 bits per heavy atom. The SMILES string of the molecule is Cc1cc(CN2C(=O)CS/C2=C\C(=O)C2CC2)on1. The van der Waals surface area contributed by atoms with Gasteiger partial charge in [-0.15, -0.1) is 0 Å². The van der Waals surface area contributed by atoms with E-state index in [4.69, 9.17) is 4.52 Å². The summed E-state index contributed by atoms with van der Waals surface area (Å²) >= 11 is 1.41. The Morgan fingerprint density at radius 2 is 2.42 bits per heavy atom. The maximum atomic E-state index is 11.9. The molecular formula is C13H14N2O3S. The molecule has 100 valence electrons. The number of amides is 1. The fraction of sp³-hybridized carbons (Fsp3) is 0.462. The highest BCUT2D eigenvalue weighted by atomic mass is 32.2. The average molecular weight is 278 g/mol. The molecule has 1 aliphatic carbocycles. The smallest absolute Gasteiger partial charge is 0.238 e. The topological polar surface area (TPSA) is 63.4 Å². The van der Waals surface area contributed by atoms with E-state index in [1.807, 2.05) is 6.92 Å². The van der Waals surface area contributed by atoms with E-state index in [0.717, 1.165) is 23.6 Å². The number of hydrogen-bond donors (Lipinski definition) is 0. The van der Waals surface area contributed by atoms with Gasteiger partial charge in [-0.05, 0) is 19.8 Å². The Labute approximate surface area is 115 Å². The fourth-order valence-electron chi connectivity index (χ4n) is 1.95. The second-order valence-corrected chi connectivity index (χ2v) is 5.86. The van der Waals surface area contributed by atoms with E-state index in [1.165, 1.54) is 11.8 Å². The number of allylic oxidation sites excluding steroid dienone is 1. The molecule has 1 saturated heterocycles. The van der Waals surface area contributed by atoms with Crippen LogP contribution < -0.4 is 0 Å². The zero-order valence-corrected chi connectivity index (χ0v) is 11.4. The van der Waals surface area contributed by atoms with Crippen molar-refractivity contribution in [3.63, 3.8) is 0 Å². The first-order valence-electron chi connectivity index (χ1n) is 6.24. The lowest BCUT2D eigenvalue weighted by Gasteiger charge is -2.14. The fourth-order valence-corrected chi connectivity index (χ4v) is 2.90. The van der Waals surface area contributed by atoms with Gasteiger partial charge in [-0.3, -0.25) is 14.5 Å². The van der Waals surface area contributed by atoms with Crippen LogP contribution in [0.1, 0.15) is 24.3 Å². The summed E-state index contributed by atoms with van der Waals surface area (Å²) < 4.78 is 5.12. The van der Waals surface area contributed by atoms with Gasteiger partial charge in [0.25, 0.3) is 0 Å². The first-order chi connectivity index (χ1) is 9.13. The maximum absolute atomic E-state index is 11.9. The van der Waals surface area contributed by atoms with Crippen LogP contribution in [0.5, 0.6) is 0 Å². The summed E-state index contributed by atoms with van der Waals surface area (Å²) in [5.41, 5.74) is 0.786. The molecule has 0 unspecified atom stereocenters. The molecule has 3 rings (SSSR count). The van der Waals surface area contributed by atoms with Gasteiger partial charge in [0.2, 0.25) is 5.91 Å². The van der Waals surface area contributed by atoms with E-state index in [9.17, 15) is 9.59 Å². The lowest BCUT2D eigenvalue weighted by Crippen LogP contribution is -2.24. The monoisotopic (exact) mass is 278 g/mol. The quantitative estimate of drug-likeness (QED) is 0.787. The molecule has 2 aliphatic rings. The molecule has 19 heavy (non-hydrogen) atoms. The second kappa shape index (κ2) is 4.85. The summed E-state index contributed by atoms with van der Waals surface area (Å²) in [4.78, 5) is 25.3. The van der Waals surface area contributed by atoms with Gasteiger partial charge in [0.05, 0.1) is 23.0 Å². The highest BCUT2D eigenvalue weighted by Crippen LogP contribution is 2.34. The van der Waals surface area contributed by atoms with Gasteiger partial charge < -0.3 is 4.52 Å². The summed E-state index contributed by atoms with van der Waals surface area (Å²) in [7, 11) is 0. The van der Waals surface area contributed by atoms with Gasteiger partial charge in [-0.2, -0.15) is 0 Å². The third-order valence-electron chi connectivity index (χ3n) is 3.15. The Balaban J connectivity index is 1.76. The van der Waals surface area contributed by atoms with Crippen molar-refractivity contribution in [2.75, 3.05) is 5.75 Å². The molecule has 0 bridgehead atoms. The number of carbonyl (C=O) groups excluding carboxylic acids is 2. The van der Waals surface area contributed by atoms with Crippen molar-refractivity contribution in [2.45, 2.75) is 26.3 Å². The van der Waals surface area contributed by atoms with Gasteiger partial charge in [0.15, 0.2) is 11.5 Å². The molecule has 0 aromatic carbocycles. The molecular weight excluding hydrogens is 264 g/mol. The van der Waals surface area contributed by atoms with Gasteiger partial charge in [0.1, 0.15) is 0 Å². The molecule has 0 N–H and O–H groups in total. The van der Waals surface area contributed by atoms with Crippen molar-refractivity contribution in [2.24, 2.45) is 5.92 Å². The van der Waals surface area contributed by atoms with E-state index in [1.54, 1.807) is 17.0 Å². The zero-order valence-electron chi connectivity index (χ0n) is 10.6. The summed E-state index contributed by atoms with van der Waals surface area (Å²) in [5, 5.41) is 4.53. The normalized spacial score (nSPS) is 21.4. The van der Waals surface area contributed by atoms with Crippen LogP contribution in [0.2, 0.25) is 0 Å².